The number of likely N-dealkylation sites (tertiary alicyclic amines) is 1. The van der Waals surface area contributed by atoms with E-state index in [4.69, 9.17) is 4.99 Å². The molecule has 2 heterocycles. The largest absolute Gasteiger partial charge is 0.338 e. The lowest BCUT2D eigenvalue weighted by Crippen LogP contribution is -2.57. The van der Waals surface area contributed by atoms with Gasteiger partial charge in [0.1, 0.15) is 5.71 Å². The van der Waals surface area contributed by atoms with Crippen LogP contribution < -0.4 is 5.32 Å². The van der Waals surface area contributed by atoms with Gasteiger partial charge in [0.05, 0.1) is 6.54 Å². The Bertz CT molecular complexity index is 666. The Balaban J connectivity index is 1.57. The van der Waals surface area contributed by atoms with Crippen molar-refractivity contribution in [1.82, 2.24) is 10.2 Å². The summed E-state index contributed by atoms with van der Waals surface area (Å²) in [5, 5.41) is 3.04. The maximum atomic E-state index is 12.5. The molecule has 120 valence electrons. The average Bonchev–Trinajstić information content (AvgIpc) is 2.82. The number of amides is 2. The fourth-order valence-electron chi connectivity index (χ4n) is 3.69. The Morgan fingerprint density at radius 1 is 1.22 bits per heavy atom. The van der Waals surface area contributed by atoms with Gasteiger partial charge in [-0.2, -0.15) is 0 Å². The summed E-state index contributed by atoms with van der Waals surface area (Å²) in [6.45, 7) is 1.29. The predicted octanol–water partition coefficient (Wildman–Crippen LogP) is 1.72. The maximum Gasteiger partial charge on any atom is 0.272 e. The lowest BCUT2D eigenvalue weighted by atomic mass is 9.83. The van der Waals surface area contributed by atoms with Crippen molar-refractivity contribution in [3.05, 3.63) is 35.9 Å². The molecule has 5 nitrogen and oxygen atoms in total. The molecule has 3 aliphatic rings. The van der Waals surface area contributed by atoms with E-state index >= 15 is 0 Å². The molecule has 0 unspecified atom stereocenters. The number of piperidine rings is 1. The van der Waals surface area contributed by atoms with Crippen molar-refractivity contribution < 1.29 is 9.59 Å². The molecule has 23 heavy (non-hydrogen) atoms. The van der Waals surface area contributed by atoms with Gasteiger partial charge in [-0.15, -0.1) is 0 Å². The van der Waals surface area contributed by atoms with Gasteiger partial charge in [0.15, 0.2) is 5.66 Å². The monoisotopic (exact) mass is 311 g/mol. The quantitative estimate of drug-likeness (QED) is 0.904. The smallest absolute Gasteiger partial charge is 0.272 e. The van der Waals surface area contributed by atoms with Crippen LogP contribution in [0.5, 0.6) is 0 Å². The standard InChI is InChI=1S/C18H21N3O2/c22-16-15(13-6-2-1-3-7-13)19-18(20-16)10-5-11-21(12-18)17(23)14-8-4-9-14/h1-3,6-7,14H,4-5,8-12H2,(H,20,22)/t18-/m1/s1. The maximum absolute atomic E-state index is 12.5. The molecular formula is C18H21N3O2. The minimum atomic E-state index is -0.625. The molecule has 1 aromatic rings. The molecule has 2 aliphatic heterocycles. The van der Waals surface area contributed by atoms with E-state index in [1.54, 1.807) is 0 Å². The van der Waals surface area contributed by atoms with Crippen LogP contribution in [0.4, 0.5) is 0 Å². The zero-order valence-corrected chi connectivity index (χ0v) is 13.1. The highest BCUT2D eigenvalue weighted by Gasteiger charge is 2.45. The number of nitrogens with one attached hydrogen (secondary N) is 1. The highest BCUT2D eigenvalue weighted by atomic mass is 16.2. The number of hydrogen-bond acceptors (Lipinski definition) is 3. The first-order valence-electron chi connectivity index (χ1n) is 8.43. The SMILES string of the molecule is O=C1N[C@@]2(CCCN(C(=O)C3CCC3)C2)N=C1c1ccccc1. The minimum Gasteiger partial charge on any atom is -0.338 e. The first kappa shape index (κ1) is 14.4. The van der Waals surface area contributed by atoms with Crippen molar-refractivity contribution in [3.8, 4) is 0 Å². The van der Waals surface area contributed by atoms with Crippen LogP contribution in [0.3, 0.4) is 0 Å². The van der Waals surface area contributed by atoms with Gasteiger partial charge in [-0.1, -0.05) is 36.8 Å². The summed E-state index contributed by atoms with van der Waals surface area (Å²) < 4.78 is 0. The van der Waals surface area contributed by atoms with Crippen molar-refractivity contribution in [2.75, 3.05) is 13.1 Å². The zero-order chi connectivity index (χ0) is 15.9. The Morgan fingerprint density at radius 3 is 2.70 bits per heavy atom. The van der Waals surface area contributed by atoms with Crippen LogP contribution in [0.1, 0.15) is 37.7 Å². The first-order chi connectivity index (χ1) is 11.2. The molecule has 1 atom stereocenters. The van der Waals surface area contributed by atoms with Crippen LogP contribution in [0.25, 0.3) is 0 Å². The normalized spacial score (nSPS) is 27.6. The molecule has 5 heteroatoms. The molecule has 1 aromatic carbocycles. The number of aliphatic imine (C=N–C) groups is 1. The molecular weight excluding hydrogens is 290 g/mol. The molecule has 2 fully saturated rings. The third-order valence-corrected chi connectivity index (χ3v) is 5.17. The Morgan fingerprint density at radius 2 is 2.00 bits per heavy atom. The van der Waals surface area contributed by atoms with E-state index in [0.717, 1.165) is 44.2 Å². The zero-order valence-electron chi connectivity index (χ0n) is 13.1. The molecule has 1 spiro atoms. The molecule has 0 bridgehead atoms. The van der Waals surface area contributed by atoms with Crippen LogP contribution in [0.2, 0.25) is 0 Å². The number of carbonyl (C=O) groups excluding carboxylic acids is 2. The summed E-state index contributed by atoms with van der Waals surface area (Å²) in [5.74, 6) is 0.307. The molecule has 0 radical (unpaired) electrons. The van der Waals surface area contributed by atoms with E-state index in [2.05, 4.69) is 5.32 Å². The van der Waals surface area contributed by atoms with Gasteiger partial charge < -0.3 is 10.2 Å². The second-order valence-electron chi connectivity index (χ2n) is 6.80. The predicted molar refractivity (Wildman–Crippen MR) is 87.0 cm³/mol. The van der Waals surface area contributed by atoms with E-state index < -0.39 is 5.66 Å². The molecule has 1 aliphatic carbocycles. The summed E-state index contributed by atoms with van der Waals surface area (Å²) in [6, 6.07) is 9.54. The summed E-state index contributed by atoms with van der Waals surface area (Å²) in [6.07, 6.45) is 4.84. The Hall–Kier alpha value is -2.17. The molecule has 1 saturated carbocycles. The molecule has 2 amide bonds. The number of hydrogen-bond donors (Lipinski definition) is 1. The third kappa shape index (κ3) is 2.54. The Kier molecular flexibility index (Phi) is 3.43. The summed E-state index contributed by atoms with van der Waals surface area (Å²) in [7, 11) is 0. The van der Waals surface area contributed by atoms with E-state index in [1.807, 2.05) is 35.2 Å². The third-order valence-electron chi connectivity index (χ3n) is 5.17. The highest BCUT2D eigenvalue weighted by Crippen LogP contribution is 2.32. The van der Waals surface area contributed by atoms with E-state index in [-0.39, 0.29) is 17.7 Å². The van der Waals surface area contributed by atoms with Gasteiger partial charge in [-0.05, 0) is 25.7 Å². The number of carbonyl (C=O) groups is 2. The summed E-state index contributed by atoms with van der Waals surface area (Å²) >= 11 is 0. The van der Waals surface area contributed by atoms with Crippen LogP contribution >= 0.6 is 0 Å². The van der Waals surface area contributed by atoms with Gasteiger partial charge in [0.2, 0.25) is 5.91 Å². The van der Waals surface area contributed by atoms with Crippen LogP contribution in [0.15, 0.2) is 35.3 Å². The molecule has 1 N–H and O–H groups in total. The fraction of sp³-hybridized carbons (Fsp3) is 0.500. The number of benzene rings is 1. The molecule has 4 rings (SSSR count). The fourth-order valence-corrected chi connectivity index (χ4v) is 3.69. The Labute approximate surface area is 135 Å². The number of rotatable bonds is 2. The second-order valence-corrected chi connectivity index (χ2v) is 6.80. The number of nitrogens with zero attached hydrogens (tertiary/aromatic N) is 2. The van der Waals surface area contributed by atoms with Crippen molar-refractivity contribution in [3.63, 3.8) is 0 Å². The van der Waals surface area contributed by atoms with Crippen molar-refractivity contribution in [2.45, 2.75) is 37.8 Å². The topological polar surface area (TPSA) is 61.8 Å². The van der Waals surface area contributed by atoms with Crippen molar-refractivity contribution in [2.24, 2.45) is 10.9 Å². The van der Waals surface area contributed by atoms with E-state index in [0.29, 0.717) is 12.3 Å². The second kappa shape index (κ2) is 5.48. The molecule has 1 saturated heterocycles. The summed E-state index contributed by atoms with van der Waals surface area (Å²) in [5.41, 5.74) is 0.702. The van der Waals surface area contributed by atoms with Crippen LogP contribution in [0, 0.1) is 5.92 Å². The van der Waals surface area contributed by atoms with Gasteiger partial charge >= 0.3 is 0 Å². The van der Waals surface area contributed by atoms with Gasteiger partial charge in [0.25, 0.3) is 5.91 Å². The molecule has 0 aromatic heterocycles. The highest BCUT2D eigenvalue weighted by molar-refractivity contribution is 6.46. The van der Waals surface area contributed by atoms with Crippen LogP contribution in [-0.4, -0.2) is 41.2 Å². The van der Waals surface area contributed by atoms with E-state index in [1.165, 1.54) is 0 Å². The van der Waals surface area contributed by atoms with Gasteiger partial charge in [0, 0.05) is 18.0 Å². The van der Waals surface area contributed by atoms with Crippen LogP contribution in [-0.2, 0) is 9.59 Å². The first-order valence-corrected chi connectivity index (χ1v) is 8.43. The average molecular weight is 311 g/mol. The lowest BCUT2D eigenvalue weighted by Gasteiger charge is -2.40. The van der Waals surface area contributed by atoms with Gasteiger partial charge in [-0.25, -0.2) is 4.99 Å². The van der Waals surface area contributed by atoms with Crippen molar-refractivity contribution >= 4 is 17.5 Å². The lowest BCUT2D eigenvalue weighted by molar-refractivity contribution is -0.141. The van der Waals surface area contributed by atoms with Gasteiger partial charge in [-0.3, -0.25) is 9.59 Å². The van der Waals surface area contributed by atoms with E-state index in [9.17, 15) is 9.59 Å². The van der Waals surface area contributed by atoms with Crippen molar-refractivity contribution in [1.29, 1.82) is 0 Å². The summed E-state index contributed by atoms with van der Waals surface area (Å²) in [4.78, 5) is 31.5. The minimum absolute atomic E-state index is 0.130.